The van der Waals surface area contributed by atoms with E-state index >= 15 is 0 Å². The van der Waals surface area contributed by atoms with Gasteiger partial charge in [0.15, 0.2) is 17.2 Å². The minimum atomic E-state index is -3.39. The van der Waals surface area contributed by atoms with E-state index in [-0.39, 0.29) is 22.4 Å². The molecule has 2 aromatic carbocycles. The summed E-state index contributed by atoms with van der Waals surface area (Å²) in [6.07, 6.45) is 6.91. The number of hydrogen-bond donors (Lipinski definition) is 2. The van der Waals surface area contributed by atoms with Crippen LogP contribution >= 0.6 is 27.3 Å². The standard InChI is InChI=1S/C32H37BrN2O7S2/c33-28-29(41-20-27(36)37)31(32(38)42-19-22-8-3-1-4-9-22)43-30(28)24-12-7-13-26(18-24)34-25-14-16-35(17-15-25)44(39,40)21-23-10-5-2-6-11-23/h2,5-7,10-13,18,22,25,34H,1,3-4,8-9,14-17,19-21H2,(H,36,37). The van der Waals surface area contributed by atoms with Crippen molar-refractivity contribution in [2.45, 2.75) is 56.7 Å². The second-order valence-electron chi connectivity index (χ2n) is 11.3. The zero-order valence-corrected chi connectivity index (χ0v) is 27.6. The van der Waals surface area contributed by atoms with Gasteiger partial charge in [-0.25, -0.2) is 22.3 Å². The van der Waals surface area contributed by atoms with Crippen molar-refractivity contribution in [3.63, 3.8) is 0 Å². The molecule has 9 nitrogen and oxygen atoms in total. The van der Waals surface area contributed by atoms with Gasteiger partial charge in [0.2, 0.25) is 10.0 Å². The molecule has 0 bridgehead atoms. The van der Waals surface area contributed by atoms with Gasteiger partial charge < -0.3 is 19.9 Å². The van der Waals surface area contributed by atoms with Gasteiger partial charge in [-0.1, -0.05) is 61.7 Å². The van der Waals surface area contributed by atoms with Crippen molar-refractivity contribution >= 4 is 54.9 Å². The van der Waals surface area contributed by atoms with Crippen molar-refractivity contribution in [2.75, 3.05) is 31.6 Å². The lowest BCUT2D eigenvalue weighted by Crippen LogP contribution is -2.42. The van der Waals surface area contributed by atoms with E-state index in [4.69, 9.17) is 9.47 Å². The number of piperidine rings is 1. The van der Waals surface area contributed by atoms with E-state index in [1.165, 1.54) is 17.8 Å². The molecule has 0 amide bonds. The van der Waals surface area contributed by atoms with Crippen LogP contribution in [-0.4, -0.2) is 62.1 Å². The maximum atomic E-state index is 13.2. The Morgan fingerprint density at radius 1 is 1.00 bits per heavy atom. The average molecular weight is 706 g/mol. The van der Waals surface area contributed by atoms with Crippen LogP contribution in [0.25, 0.3) is 10.4 Å². The van der Waals surface area contributed by atoms with Crippen molar-refractivity contribution < 1.29 is 32.6 Å². The SMILES string of the molecule is O=C(O)COc1c(C(=O)OCC2CCCCC2)sc(-c2cccc(NC3CCN(S(=O)(=O)Cc4ccccc4)CC3)c2)c1Br. The van der Waals surface area contributed by atoms with Crippen LogP contribution in [0.3, 0.4) is 0 Å². The number of ether oxygens (including phenoxy) is 2. The molecule has 0 radical (unpaired) electrons. The third-order valence-electron chi connectivity index (χ3n) is 8.04. The number of halogens is 1. The highest BCUT2D eigenvalue weighted by molar-refractivity contribution is 9.10. The number of nitrogens with one attached hydrogen (secondary N) is 1. The van der Waals surface area contributed by atoms with Crippen LogP contribution in [-0.2, 0) is 25.3 Å². The number of carboxylic acids is 1. The predicted molar refractivity (Wildman–Crippen MR) is 175 cm³/mol. The van der Waals surface area contributed by atoms with Crippen LogP contribution in [0.2, 0.25) is 0 Å². The number of esters is 1. The molecule has 2 N–H and O–H groups in total. The topological polar surface area (TPSA) is 122 Å². The fourth-order valence-corrected chi connectivity index (χ4v) is 9.24. The van der Waals surface area contributed by atoms with Gasteiger partial charge in [-0.15, -0.1) is 11.3 Å². The number of benzene rings is 2. The van der Waals surface area contributed by atoms with Gasteiger partial charge in [-0.3, -0.25) is 0 Å². The number of nitrogens with zero attached hydrogens (tertiary/aromatic N) is 1. The fourth-order valence-electron chi connectivity index (χ4n) is 5.73. The average Bonchev–Trinajstić information content (AvgIpc) is 3.36. The monoisotopic (exact) mass is 704 g/mol. The Kier molecular flexibility index (Phi) is 11.0. The van der Waals surface area contributed by atoms with Gasteiger partial charge in [0.25, 0.3) is 0 Å². The molecule has 5 rings (SSSR count). The molecule has 44 heavy (non-hydrogen) atoms. The maximum Gasteiger partial charge on any atom is 0.352 e. The highest BCUT2D eigenvalue weighted by atomic mass is 79.9. The van der Waals surface area contributed by atoms with Gasteiger partial charge in [0, 0.05) is 24.8 Å². The zero-order chi connectivity index (χ0) is 31.1. The third-order valence-corrected chi connectivity index (χ3v) is 12.1. The van der Waals surface area contributed by atoms with Crippen LogP contribution < -0.4 is 10.1 Å². The first-order chi connectivity index (χ1) is 21.2. The molecule has 2 aliphatic rings. The Balaban J connectivity index is 1.26. The van der Waals surface area contributed by atoms with Crippen molar-refractivity contribution in [3.8, 4) is 16.2 Å². The number of carboxylic acid groups (broad SMARTS) is 1. The molecule has 1 aliphatic heterocycles. The Morgan fingerprint density at radius 2 is 1.73 bits per heavy atom. The van der Waals surface area contributed by atoms with E-state index in [9.17, 15) is 23.1 Å². The summed E-state index contributed by atoms with van der Waals surface area (Å²) >= 11 is 4.76. The number of thiophene rings is 1. The second kappa shape index (κ2) is 14.9. The highest BCUT2D eigenvalue weighted by Crippen LogP contribution is 2.46. The molecule has 12 heteroatoms. The number of carbonyl (C=O) groups is 2. The third kappa shape index (κ3) is 8.41. The number of sulfonamides is 1. The Hall–Kier alpha value is -2.93. The normalized spacial score (nSPS) is 16.8. The lowest BCUT2D eigenvalue weighted by atomic mass is 9.90. The molecule has 2 heterocycles. The highest BCUT2D eigenvalue weighted by Gasteiger charge is 2.29. The molecule has 1 saturated heterocycles. The molecular formula is C32H37BrN2O7S2. The minimum absolute atomic E-state index is 0.00203. The molecule has 1 aliphatic carbocycles. The van der Waals surface area contributed by atoms with E-state index in [0.29, 0.717) is 42.9 Å². The minimum Gasteiger partial charge on any atom is -0.479 e. The molecular weight excluding hydrogens is 668 g/mol. The van der Waals surface area contributed by atoms with Crippen LogP contribution in [0.4, 0.5) is 5.69 Å². The van der Waals surface area contributed by atoms with Gasteiger partial charge >= 0.3 is 11.9 Å². The first kappa shape index (κ1) is 32.5. The number of anilines is 1. The summed E-state index contributed by atoms with van der Waals surface area (Å²) in [6.45, 7) is 0.645. The van der Waals surface area contributed by atoms with Crippen LogP contribution in [0.1, 0.15) is 60.2 Å². The number of aliphatic carboxylic acids is 1. The summed E-state index contributed by atoms with van der Waals surface area (Å²) in [4.78, 5) is 25.4. The summed E-state index contributed by atoms with van der Waals surface area (Å²) in [5.74, 6) is -1.15. The summed E-state index contributed by atoms with van der Waals surface area (Å²) in [6, 6.07) is 17.1. The van der Waals surface area contributed by atoms with Gasteiger partial charge in [0.05, 0.1) is 21.7 Å². The Bertz CT molecular complexity index is 1550. The fraction of sp³-hybridized carbons (Fsp3) is 0.438. The van der Waals surface area contributed by atoms with Gasteiger partial charge in [0.1, 0.15) is 0 Å². The summed E-state index contributed by atoms with van der Waals surface area (Å²) in [5.41, 5.74) is 2.46. The van der Waals surface area contributed by atoms with Crippen LogP contribution in [0, 0.1) is 5.92 Å². The molecule has 1 saturated carbocycles. The van der Waals surface area contributed by atoms with Crippen molar-refractivity contribution in [2.24, 2.45) is 5.92 Å². The Labute approximate surface area is 270 Å². The Morgan fingerprint density at radius 3 is 2.43 bits per heavy atom. The van der Waals surface area contributed by atoms with Crippen LogP contribution in [0.15, 0.2) is 59.1 Å². The van der Waals surface area contributed by atoms with Gasteiger partial charge in [-0.05, 0) is 70.8 Å². The molecule has 0 unspecified atom stereocenters. The maximum absolute atomic E-state index is 13.2. The van der Waals surface area contributed by atoms with E-state index in [1.807, 2.05) is 54.6 Å². The molecule has 1 aromatic heterocycles. The van der Waals surface area contributed by atoms with E-state index in [2.05, 4.69) is 21.2 Å². The summed E-state index contributed by atoms with van der Waals surface area (Å²) in [7, 11) is -3.39. The van der Waals surface area contributed by atoms with E-state index in [1.54, 1.807) is 4.31 Å². The molecule has 236 valence electrons. The van der Waals surface area contributed by atoms with Gasteiger partial charge in [-0.2, -0.15) is 0 Å². The molecule has 0 atom stereocenters. The van der Waals surface area contributed by atoms with E-state index in [0.717, 1.165) is 47.4 Å². The largest absolute Gasteiger partial charge is 0.479 e. The zero-order valence-electron chi connectivity index (χ0n) is 24.4. The lowest BCUT2D eigenvalue weighted by Gasteiger charge is -2.32. The lowest BCUT2D eigenvalue weighted by molar-refractivity contribution is -0.139. The summed E-state index contributed by atoms with van der Waals surface area (Å²) in [5, 5.41) is 12.8. The summed E-state index contributed by atoms with van der Waals surface area (Å²) < 4.78 is 39.2. The first-order valence-corrected chi connectivity index (χ1v) is 18.1. The molecule has 2 fully saturated rings. The molecule has 3 aromatic rings. The number of rotatable bonds is 12. The molecule has 0 spiro atoms. The van der Waals surface area contributed by atoms with Crippen molar-refractivity contribution in [1.29, 1.82) is 0 Å². The first-order valence-electron chi connectivity index (χ1n) is 14.9. The predicted octanol–water partition coefficient (Wildman–Crippen LogP) is 6.78. The van der Waals surface area contributed by atoms with Crippen molar-refractivity contribution in [3.05, 3.63) is 69.5 Å². The number of carbonyl (C=O) groups excluding carboxylic acids is 1. The second-order valence-corrected chi connectivity index (χ2v) is 15.1. The van der Waals surface area contributed by atoms with E-state index < -0.39 is 28.6 Å². The van der Waals surface area contributed by atoms with Crippen molar-refractivity contribution in [1.82, 2.24) is 4.31 Å². The smallest absolute Gasteiger partial charge is 0.352 e. The van der Waals surface area contributed by atoms with Crippen LogP contribution in [0.5, 0.6) is 5.75 Å². The number of hydrogen-bond acceptors (Lipinski definition) is 8. The quantitative estimate of drug-likeness (QED) is 0.198.